The van der Waals surface area contributed by atoms with Gasteiger partial charge in [0.2, 0.25) is 0 Å². The van der Waals surface area contributed by atoms with Gasteiger partial charge in [-0.15, -0.1) is 0 Å². The second-order valence-corrected chi connectivity index (χ2v) is 6.75. The highest BCUT2D eigenvalue weighted by atomic mass is 14.8. The second-order valence-electron chi connectivity index (χ2n) is 6.75. The van der Waals surface area contributed by atoms with Gasteiger partial charge in [0, 0.05) is 24.4 Å². The number of rotatable bonds is 2. The third-order valence-corrected chi connectivity index (χ3v) is 5.51. The third-order valence-electron chi connectivity index (χ3n) is 5.51. The SMILES string of the molecule is NCc1nccnc1C12CC3CC(CC(C3)C1)C2. The van der Waals surface area contributed by atoms with Crippen LogP contribution in [0.1, 0.15) is 49.9 Å². The van der Waals surface area contributed by atoms with Crippen LogP contribution in [-0.4, -0.2) is 9.97 Å². The van der Waals surface area contributed by atoms with Crippen LogP contribution in [0.25, 0.3) is 0 Å². The number of hydrogen-bond donors (Lipinski definition) is 1. The highest BCUT2D eigenvalue weighted by molar-refractivity contribution is 5.26. The summed E-state index contributed by atoms with van der Waals surface area (Å²) >= 11 is 0. The van der Waals surface area contributed by atoms with Gasteiger partial charge in [-0.05, 0) is 56.3 Å². The Hall–Kier alpha value is -0.960. The van der Waals surface area contributed by atoms with E-state index < -0.39 is 0 Å². The quantitative estimate of drug-likeness (QED) is 0.867. The molecule has 4 aliphatic carbocycles. The molecule has 0 aliphatic heterocycles. The maximum absolute atomic E-state index is 5.87. The Morgan fingerprint density at radius 2 is 1.56 bits per heavy atom. The van der Waals surface area contributed by atoms with Crippen molar-refractivity contribution in [3.8, 4) is 0 Å². The van der Waals surface area contributed by atoms with Crippen LogP contribution in [0, 0.1) is 17.8 Å². The van der Waals surface area contributed by atoms with Gasteiger partial charge in [-0.2, -0.15) is 0 Å². The van der Waals surface area contributed by atoms with E-state index in [1.165, 1.54) is 44.2 Å². The van der Waals surface area contributed by atoms with Crippen LogP contribution in [0.15, 0.2) is 12.4 Å². The zero-order valence-corrected chi connectivity index (χ0v) is 10.8. The Balaban J connectivity index is 1.79. The molecule has 18 heavy (non-hydrogen) atoms. The highest BCUT2D eigenvalue weighted by Crippen LogP contribution is 2.60. The molecule has 96 valence electrons. The monoisotopic (exact) mass is 243 g/mol. The lowest BCUT2D eigenvalue weighted by Gasteiger charge is -2.56. The van der Waals surface area contributed by atoms with Gasteiger partial charge >= 0.3 is 0 Å². The zero-order valence-electron chi connectivity index (χ0n) is 10.8. The minimum absolute atomic E-state index is 0.331. The maximum Gasteiger partial charge on any atom is 0.0760 e. The van der Waals surface area contributed by atoms with E-state index in [-0.39, 0.29) is 0 Å². The molecule has 1 heterocycles. The molecule has 0 radical (unpaired) electrons. The molecule has 3 nitrogen and oxygen atoms in total. The van der Waals surface area contributed by atoms with Gasteiger partial charge in [0.25, 0.3) is 0 Å². The normalized spacial score (nSPS) is 41.3. The molecule has 3 heteroatoms. The minimum Gasteiger partial charge on any atom is -0.325 e. The van der Waals surface area contributed by atoms with Gasteiger partial charge in [0.1, 0.15) is 0 Å². The van der Waals surface area contributed by atoms with Gasteiger partial charge in [0.05, 0.1) is 11.4 Å². The summed E-state index contributed by atoms with van der Waals surface area (Å²) in [7, 11) is 0. The Bertz CT molecular complexity index is 433. The fourth-order valence-corrected chi connectivity index (χ4v) is 5.36. The predicted octanol–water partition coefficient (Wildman–Crippen LogP) is 2.40. The fourth-order valence-electron chi connectivity index (χ4n) is 5.36. The molecule has 0 unspecified atom stereocenters. The minimum atomic E-state index is 0.331. The van der Waals surface area contributed by atoms with E-state index in [0.717, 1.165) is 23.4 Å². The fraction of sp³-hybridized carbons (Fsp3) is 0.733. The second kappa shape index (κ2) is 3.77. The number of hydrogen-bond acceptors (Lipinski definition) is 3. The zero-order chi connectivity index (χ0) is 12.2. The van der Waals surface area contributed by atoms with Gasteiger partial charge in [-0.1, -0.05) is 0 Å². The first-order valence-corrected chi connectivity index (χ1v) is 7.29. The molecule has 2 N–H and O–H groups in total. The Morgan fingerprint density at radius 3 is 2.11 bits per heavy atom. The van der Waals surface area contributed by atoms with E-state index >= 15 is 0 Å². The van der Waals surface area contributed by atoms with Crippen LogP contribution < -0.4 is 5.73 Å². The standard InChI is InChI=1S/C15H21N3/c16-9-13-14(18-2-1-17-13)15-6-10-3-11(7-15)5-12(4-10)8-15/h1-2,10-12H,3-9,16H2. The molecule has 4 aliphatic rings. The summed E-state index contributed by atoms with van der Waals surface area (Å²) in [4.78, 5) is 9.16. The van der Waals surface area contributed by atoms with E-state index in [2.05, 4.69) is 4.98 Å². The third kappa shape index (κ3) is 1.46. The van der Waals surface area contributed by atoms with Gasteiger partial charge in [0.15, 0.2) is 0 Å². The average molecular weight is 243 g/mol. The molecule has 4 fully saturated rings. The molecule has 1 aromatic rings. The molecule has 4 saturated carbocycles. The Labute approximate surface area is 108 Å². The van der Waals surface area contributed by atoms with Crippen molar-refractivity contribution in [3.63, 3.8) is 0 Å². The Kier molecular flexibility index (Phi) is 2.28. The smallest absolute Gasteiger partial charge is 0.0760 e. The summed E-state index contributed by atoms with van der Waals surface area (Å²) in [5, 5.41) is 0. The van der Waals surface area contributed by atoms with Crippen molar-refractivity contribution >= 4 is 0 Å². The van der Waals surface area contributed by atoms with E-state index in [1.54, 1.807) is 6.20 Å². The number of aromatic nitrogens is 2. The molecular formula is C15H21N3. The van der Waals surface area contributed by atoms with E-state index in [4.69, 9.17) is 10.7 Å². The summed E-state index contributed by atoms with van der Waals surface area (Å²) in [6, 6.07) is 0. The van der Waals surface area contributed by atoms with Crippen LogP contribution >= 0.6 is 0 Å². The number of nitrogens with zero attached hydrogens (tertiary/aromatic N) is 2. The molecule has 5 rings (SSSR count). The lowest BCUT2D eigenvalue weighted by Crippen LogP contribution is -2.49. The lowest BCUT2D eigenvalue weighted by atomic mass is 9.48. The van der Waals surface area contributed by atoms with Crippen molar-refractivity contribution in [2.45, 2.75) is 50.5 Å². The predicted molar refractivity (Wildman–Crippen MR) is 69.8 cm³/mol. The Morgan fingerprint density at radius 1 is 1.00 bits per heavy atom. The first kappa shape index (κ1) is 10.9. The van der Waals surface area contributed by atoms with Crippen molar-refractivity contribution in [1.82, 2.24) is 9.97 Å². The molecule has 0 saturated heterocycles. The molecule has 0 spiro atoms. The van der Waals surface area contributed by atoms with Crippen LogP contribution in [0.3, 0.4) is 0 Å². The van der Waals surface area contributed by atoms with Crippen molar-refractivity contribution in [1.29, 1.82) is 0 Å². The summed E-state index contributed by atoms with van der Waals surface area (Å²) in [5.41, 5.74) is 8.48. The number of nitrogens with two attached hydrogens (primary N) is 1. The summed E-state index contributed by atoms with van der Waals surface area (Å²) < 4.78 is 0. The van der Waals surface area contributed by atoms with Gasteiger partial charge < -0.3 is 5.73 Å². The summed E-state index contributed by atoms with van der Waals surface area (Å²) in [6.07, 6.45) is 12.1. The maximum atomic E-state index is 5.87. The van der Waals surface area contributed by atoms with Gasteiger partial charge in [-0.25, -0.2) is 0 Å². The van der Waals surface area contributed by atoms with Crippen LogP contribution in [0.4, 0.5) is 0 Å². The topological polar surface area (TPSA) is 51.8 Å². The molecule has 0 atom stereocenters. The molecule has 4 bridgehead atoms. The molecular weight excluding hydrogens is 222 g/mol. The van der Waals surface area contributed by atoms with Crippen molar-refractivity contribution in [2.24, 2.45) is 23.5 Å². The molecule has 0 aromatic carbocycles. The average Bonchev–Trinajstić information content (AvgIpc) is 2.37. The largest absolute Gasteiger partial charge is 0.325 e. The first-order chi connectivity index (χ1) is 8.79. The van der Waals surface area contributed by atoms with Gasteiger partial charge in [-0.3, -0.25) is 9.97 Å². The lowest BCUT2D eigenvalue weighted by molar-refractivity contribution is -0.00783. The molecule has 1 aromatic heterocycles. The summed E-state index contributed by atoms with van der Waals surface area (Å²) in [6.45, 7) is 0.533. The van der Waals surface area contributed by atoms with Crippen LogP contribution in [0.2, 0.25) is 0 Å². The van der Waals surface area contributed by atoms with E-state index in [0.29, 0.717) is 12.0 Å². The van der Waals surface area contributed by atoms with Crippen molar-refractivity contribution < 1.29 is 0 Å². The summed E-state index contributed by atoms with van der Waals surface area (Å²) in [5.74, 6) is 2.84. The van der Waals surface area contributed by atoms with E-state index in [1.807, 2.05) is 6.20 Å². The van der Waals surface area contributed by atoms with Crippen LogP contribution in [0.5, 0.6) is 0 Å². The van der Waals surface area contributed by atoms with Crippen LogP contribution in [-0.2, 0) is 12.0 Å². The highest BCUT2D eigenvalue weighted by Gasteiger charge is 2.53. The molecule has 0 amide bonds. The van der Waals surface area contributed by atoms with Crippen molar-refractivity contribution in [2.75, 3.05) is 0 Å². The van der Waals surface area contributed by atoms with Crippen molar-refractivity contribution in [3.05, 3.63) is 23.8 Å². The first-order valence-electron chi connectivity index (χ1n) is 7.29. The van der Waals surface area contributed by atoms with E-state index in [9.17, 15) is 0 Å².